The fraction of sp³-hybridized carbons (Fsp3) is 0.692. The molecule has 5 nitrogen and oxygen atoms in total. The maximum atomic E-state index is 11.7. The molecule has 2 rings (SSSR count). The molecule has 0 bridgehead atoms. The summed E-state index contributed by atoms with van der Waals surface area (Å²) >= 11 is 0. The van der Waals surface area contributed by atoms with Gasteiger partial charge in [0.25, 0.3) is 0 Å². The number of hydrogen-bond donors (Lipinski definition) is 1. The molecular formula is C13H21N3O2. The average Bonchev–Trinajstić information content (AvgIpc) is 2.55. The van der Waals surface area contributed by atoms with E-state index < -0.39 is 5.97 Å². The number of nitrogens with zero attached hydrogens (tertiary/aromatic N) is 2. The van der Waals surface area contributed by atoms with Gasteiger partial charge in [0.15, 0.2) is 5.69 Å². The first kappa shape index (κ1) is 12.9. The van der Waals surface area contributed by atoms with Gasteiger partial charge >= 0.3 is 5.97 Å². The Balaban J connectivity index is 2.23. The van der Waals surface area contributed by atoms with Crippen LogP contribution in [0.3, 0.4) is 0 Å². The van der Waals surface area contributed by atoms with E-state index in [0.29, 0.717) is 17.8 Å². The largest absolute Gasteiger partial charge is 0.461 e. The van der Waals surface area contributed by atoms with Gasteiger partial charge in [-0.2, -0.15) is 0 Å². The van der Waals surface area contributed by atoms with Crippen molar-refractivity contribution in [1.29, 1.82) is 0 Å². The minimum atomic E-state index is -0.435. The quantitative estimate of drug-likeness (QED) is 0.832. The van der Waals surface area contributed by atoms with Crippen molar-refractivity contribution in [1.82, 2.24) is 9.55 Å². The molecule has 18 heavy (non-hydrogen) atoms. The summed E-state index contributed by atoms with van der Waals surface area (Å²) in [5.74, 6) is 0.776. The van der Waals surface area contributed by atoms with Crippen LogP contribution in [-0.4, -0.2) is 22.1 Å². The Bertz CT molecular complexity index is 461. The van der Waals surface area contributed by atoms with Gasteiger partial charge < -0.3 is 15.0 Å². The van der Waals surface area contributed by atoms with Crippen molar-refractivity contribution >= 4 is 11.8 Å². The lowest BCUT2D eigenvalue weighted by atomic mass is 9.70. The van der Waals surface area contributed by atoms with Gasteiger partial charge in [0.1, 0.15) is 11.6 Å². The van der Waals surface area contributed by atoms with Crippen LogP contribution in [0.5, 0.6) is 0 Å². The third-order valence-corrected chi connectivity index (χ3v) is 3.77. The normalized spacial score (nSPS) is 17.3. The number of carbonyl (C=O) groups is 1. The number of ether oxygens (including phenoxy) is 1. The van der Waals surface area contributed by atoms with Crippen LogP contribution in [-0.2, 0) is 11.3 Å². The summed E-state index contributed by atoms with van der Waals surface area (Å²) in [5.41, 5.74) is 6.57. The van der Waals surface area contributed by atoms with Crippen LogP contribution in [0.4, 0.5) is 5.82 Å². The van der Waals surface area contributed by atoms with Crippen LogP contribution in [0, 0.1) is 12.3 Å². The van der Waals surface area contributed by atoms with Crippen molar-refractivity contribution in [2.24, 2.45) is 5.41 Å². The molecule has 0 aliphatic heterocycles. The SMILES string of the molecule is CCOC(=O)c1nc(C)n(CC2(C)CCC2)c1N. The van der Waals surface area contributed by atoms with Crippen LogP contribution in [0.15, 0.2) is 0 Å². The van der Waals surface area contributed by atoms with E-state index in [2.05, 4.69) is 11.9 Å². The second-order valence-electron chi connectivity index (χ2n) is 5.36. The highest BCUT2D eigenvalue weighted by molar-refractivity contribution is 5.92. The number of aryl methyl sites for hydroxylation is 1. The van der Waals surface area contributed by atoms with Crippen LogP contribution < -0.4 is 5.73 Å². The Hall–Kier alpha value is -1.52. The summed E-state index contributed by atoms with van der Waals surface area (Å²) in [6.07, 6.45) is 3.69. The van der Waals surface area contributed by atoms with E-state index in [4.69, 9.17) is 10.5 Å². The number of imidazole rings is 1. The Morgan fingerprint density at radius 2 is 2.22 bits per heavy atom. The van der Waals surface area contributed by atoms with E-state index >= 15 is 0 Å². The lowest BCUT2D eigenvalue weighted by Gasteiger charge is -2.39. The minimum Gasteiger partial charge on any atom is -0.461 e. The Labute approximate surface area is 107 Å². The Kier molecular flexibility index (Phi) is 3.32. The van der Waals surface area contributed by atoms with Gasteiger partial charge in [-0.1, -0.05) is 13.3 Å². The smallest absolute Gasteiger partial charge is 0.360 e. The van der Waals surface area contributed by atoms with Gasteiger partial charge in [-0.05, 0) is 32.1 Å². The number of nitrogen functional groups attached to an aromatic ring is 1. The van der Waals surface area contributed by atoms with E-state index in [1.807, 2.05) is 11.5 Å². The molecule has 1 aromatic heterocycles. The molecule has 0 atom stereocenters. The molecule has 0 amide bonds. The Morgan fingerprint density at radius 3 is 2.72 bits per heavy atom. The third-order valence-electron chi connectivity index (χ3n) is 3.77. The molecular weight excluding hydrogens is 230 g/mol. The molecule has 1 heterocycles. The Morgan fingerprint density at radius 1 is 1.56 bits per heavy atom. The van der Waals surface area contributed by atoms with Gasteiger partial charge in [-0.25, -0.2) is 9.78 Å². The summed E-state index contributed by atoms with van der Waals surface area (Å²) in [5, 5.41) is 0. The summed E-state index contributed by atoms with van der Waals surface area (Å²) in [6.45, 7) is 7.06. The third kappa shape index (κ3) is 2.21. The first-order chi connectivity index (χ1) is 8.47. The van der Waals surface area contributed by atoms with Crippen molar-refractivity contribution < 1.29 is 9.53 Å². The number of rotatable bonds is 4. The zero-order chi connectivity index (χ0) is 13.3. The topological polar surface area (TPSA) is 70.1 Å². The van der Waals surface area contributed by atoms with Gasteiger partial charge in [0, 0.05) is 6.54 Å². The first-order valence-corrected chi connectivity index (χ1v) is 6.46. The lowest BCUT2D eigenvalue weighted by molar-refractivity contribution is 0.0521. The van der Waals surface area contributed by atoms with E-state index in [9.17, 15) is 4.79 Å². The predicted octanol–water partition coefficient (Wildman–Crippen LogP) is 2.14. The van der Waals surface area contributed by atoms with Crippen molar-refractivity contribution in [3.8, 4) is 0 Å². The number of carbonyl (C=O) groups excluding carboxylic acids is 1. The molecule has 0 aromatic carbocycles. The highest BCUT2D eigenvalue weighted by atomic mass is 16.5. The molecule has 1 aromatic rings. The highest BCUT2D eigenvalue weighted by Crippen LogP contribution is 2.42. The summed E-state index contributed by atoms with van der Waals surface area (Å²) in [4.78, 5) is 15.9. The van der Waals surface area contributed by atoms with Crippen LogP contribution in [0.25, 0.3) is 0 Å². The molecule has 0 radical (unpaired) electrons. The molecule has 1 saturated carbocycles. The minimum absolute atomic E-state index is 0.247. The summed E-state index contributed by atoms with van der Waals surface area (Å²) in [7, 11) is 0. The van der Waals surface area contributed by atoms with Crippen LogP contribution >= 0.6 is 0 Å². The molecule has 0 unspecified atom stereocenters. The second-order valence-corrected chi connectivity index (χ2v) is 5.36. The van der Waals surface area contributed by atoms with Crippen molar-refractivity contribution in [2.75, 3.05) is 12.3 Å². The summed E-state index contributed by atoms with van der Waals surface area (Å²) < 4.78 is 6.89. The standard InChI is InChI=1S/C13H21N3O2/c1-4-18-12(17)10-11(14)16(9(2)15-10)8-13(3)6-5-7-13/h4-8,14H2,1-3H3. The predicted molar refractivity (Wildman–Crippen MR) is 69.3 cm³/mol. The molecule has 1 aliphatic rings. The highest BCUT2D eigenvalue weighted by Gasteiger charge is 2.34. The molecule has 0 spiro atoms. The monoisotopic (exact) mass is 251 g/mol. The van der Waals surface area contributed by atoms with Crippen molar-refractivity contribution in [2.45, 2.75) is 46.6 Å². The summed E-state index contributed by atoms with van der Waals surface area (Å²) in [6, 6.07) is 0. The van der Waals surface area contributed by atoms with Crippen molar-refractivity contribution in [3.05, 3.63) is 11.5 Å². The van der Waals surface area contributed by atoms with E-state index in [1.54, 1.807) is 6.92 Å². The second kappa shape index (κ2) is 4.63. The molecule has 0 saturated heterocycles. The first-order valence-electron chi connectivity index (χ1n) is 6.46. The fourth-order valence-electron chi connectivity index (χ4n) is 2.45. The van der Waals surface area contributed by atoms with Gasteiger partial charge in [0.2, 0.25) is 0 Å². The number of aromatic nitrogens is 2. The fourth-order valence-corrected chi connectivity index (χ4v) is 2.45. The van der Waals surface area contributed by atoms with Crippen molar-refractivity contribution in [3.63, 3.8) is 0 Å². The lowest BCUT2D eigenvalue weighted by Crippen LogP contribution is -2.31. The van der Waals surface area contributed by atoms with Gasteiger partial charge in [-0.15, -0.1) is 0 Å². The number of nitrogens with two attached hydrogens (primary N) is 1. The van der Waals surface area contributed by atoms with Crippen LogP contribution in [0.1, 0.15) is 49.4 Å². The zero-order valence-corrected chi connectivity index (χ0v) is 11.3. The van der Waals surface area contributed by atoms with Gasteiger partial charge in [-0.3, -0.25) is 0 Å². The molecule has 100 valence electrons. The molecule has 1 fully saturated rings. The number of anilines is 1. The van der Waals surface area contributed by atoms with E-state index in [1.165, 1.54) is 19.3 Å². The van der Waals surface area contributed by atoms with Gasteiger partial charge in [0.05, 0.1) is 6.61 Å². The average molecular weight is 251 g/mol. The molecule has 5 heteroatoms. The number of esters is 1. The van der Waals surface area contributed by atoms with E-state index in [0.717, 1.165) is 12.4 Å². The molecule has 1 aliphatic carbocycles. The zero-order valence-electron chi connectivity index (χ0n) is 11.3. The molecule has 2 N–H and O–H groups in total. The van der Waals surface area contributed by atoms with Crippen LogP contribution in [0.2, 0.25) is 0 Å². The maximum Gasteiger partial charge on any atom is 0.360 e. The number of hydrogen-bond acceptors (Lipinski definition) is 4. The maximum absolute atomic E-state index is 11.7. The van der Waals surface area contributed by atoms with E-state index in [-0.39, 0.29) is 5.69 Å².